The molecule has 0 spiro atoms. The summed E-state index contributed by atoms with van der Waals surface area (Å²) in [6.07, 6.45) is 0.400. The van der Waals surface area contributed by atoms with Gasteiger partial charge in [0.15, 0.2) is 0 Å². The molecule has 2 aromatic rings. The van der Waals surface area contributed by atoms with Crippen molar-refractivity contribution in [1.82, 2.24) is 4.90 Å². The normalized spacial score (nSPS) is 14.7. The minimum atomic E-state index is -0.0233. The van der Waals surface area contributed by atoms with E-state index in [1.807, 2.05) is 24.3 Å². The van der Waals surface area contributed by atoms with Crippen molar-refractivity contribution in [3.8, 4) is 5.75 Å². The Bertz CT molecular complexity index is 740. The number of hydrogen-bond donors (Lipinski definition) is 2. The molecule has 0 radical (unpaired) electrons. The Labute approximate surface area is 161 Å². The lowest BCUT2D eigenvalue weighted by molar-refractivity contribution is -0.115. The monoisotopic (exact) mass is 368 g/mol. The molecule has 0 aromatic heterocycles. The maximum absolute atomic E-state index is 12.1. The highest BCUT2D eigenvalue weighted by atomic mass is 16.5. The van der Waals surface area contributed by atoms with E-state index < -0.39 is 0 Å². The van der Waals surface area contributed by atoms with Gasteiger partial charge in [-0.25, -0.2) is 0 Å². The molecular formula is C21H28N4O2. The Morgan fingerprint density at radius 1 is 1.04 bits per heavy atom. The predicted octanol–water partition coefficient (Wildman–Crippen LogP) is 2.89. The van der Waals surface area contributed by atoms with Gasteiger partial charge in [0, 0.05) is 62.3 Å². The molecule has 1 fully saturated rings. The van der Waals surface area contributed by atoms with Gasteiger partial charge in [-0.2, -0.15) is 0 Å². The fraction of sp³-hybridized carbons (Fsp3) is 0.381. The zero-order chi connectivity index (χ0) is 19.1. The van der Waals surface area contributed by atoms with Crippen molar-refractivity contribution < 1.29 is 9.53 Å². The number of likely N-dealkylation sites (N-methyl/N-ethyl adjacent to an activating group) is 1. The number of ether oxygens (including phenoxy) is 1. The molecule has 1 amide bonds. The van der Waals surface area contributed by atoms with E-state index >= 15 is 0 Å². The molecule has 27 heavy (non-hydrogen) atoms. The van der Waals surface area contributed by atoms with Crippen molar-refractivity contribution in [1.29, 1.82) is 0 Å². The summed E-state index contributed by atoms with van der Waals surface area (Å²) in [5, 5.41) is 6.20. The number of hydrogen-bond acceptors (Lipinski definition) is 5. The summed E-state index contributed by atoms with van der Waals surface area (Å²) < 4.78 is 5.16. The van der Waals surface area contributed by atoms with Crippen LogP contribution < -0.4 is 20.3 Å². The number of nitrogens with one attached hydrogen (secondary N) is 2. The smallest absolute Gasteiger partial charge is 0.226 e. The van der Waals surface area contributed by atoms with Crippen molar-refractivity contribution in [2.75, 3.05) is 62.4 Å². The van der Waals surface area contributed by atoms with E-state index in [9.17, 15) is 4.79 Å². The molecule has 0 saturated carbocycles. The van der Waals surface area contributed by atoms with Crippen LogP contribution in [0.2, 0.25) is 0 Å². The Kier molecular flexibility index (Phi) is 6.54. The van der Waals surface area contributed by atoms with E-state index in [1.165, 1.54) is 5.69 Å². The Morgan fingerprint density at radius 3 is 2.48 bits per heavy atom. The summed E-state index contributed by atoms with van der Waals surface area (Å²) in [6.45, 7) is 4.91. The number of nitrogens with zero attached hydrogens (tertiary/aromatic N) is 2. The summed E-state index contributed by atoms with van der Waals surface area (Å²) in [5.41, 5.74) is 3.03. The molecule has 2 N–H and O–H groups in total. The number of rotatable bonds is 7. The lowest BCUT2D eigenvalue weighted by atomic mass is 10.2. The zero-order valence-electron chi connectivity index (χ0n) is 16.1. The third-order valence-electron chi connectivity index (χ3n) is 4.77. The SMILES string of the molecule is COc1cccc(NC(=O)CCNc2ccc(N3CCN(C)CC3)cc2)c1. The number of carbonyl (C=O) groups excluding carboxylic acids is 1. The van der Waals surface area contributed by atoms with Gasteiger partial charge in [0.05, 0.1) is 7.11 Å². The molecule has 6 heteroatoms. The van der Waals surface area contributed by atoms with Crippen LogP contribution in [0.5, 0.6) is 5.75 Å². The average Bonchev–Trinajstić information content (AvgIpc) is 2.69. The summed E-state index contributed by atoms with van der Waals surface area (Å²) in [7, 11) is 3.77. The third-order valence-corrected chi connectivity index (χ3v) is 4.77. The van der Waals surface area contributed by atoms with Crippen LogP contribution in [0, 0.1) is 0 Å². The van der Waals surface area contributed by atoms with Crippen LogP contribution in [-0.2, 0) is 4.79 Å². The molecule has 1 heterocycles. The highest BCUT2D eigenvalue weighted by molar-refractivity contribution is 5.91. The highest BCUT2D eigenvalue weighted by Gasteiger charge is 2.13. The molecule has 144 valence electrons. The number of benzene rings is 2. The molecule has 2 aromatic carbocycles. The van der Waals surface area contributed by atoms with Crippen LogP contribution in [0.25, 0.3) is 0 Å². The van der Waals surface area contributed by atoms with Crippen LogP contribution in [0.1, 0.15) is 6.42 Å². The van der Waals surface area contributed by atoms with Gasteiger partial charge in [0.1, 0.15) is 5.75 Å². The average molecular weight is 368 g/mol. The van der Waals surface area contributed by atoms with Crippen LogP contribution in [0.15, 0.2) is 48.5 Å². The first-order valence-electron chi connectivity index (χ1n) is 9.35. The Balaban J connectivity index is 1.42. The van der Waals surface area contributed by atoms with E-state index in [1.54, 1.807) is 7.11 Å². The minimum Gasteiger partial charge on any atom is -0.497 e. The summed E-state index contributed by atoms with van der Waals surface area (Å²) >= 11 is 0. The van der Waals surface area contributed by atoms with Crippen molar-refractivity contribution in [3.05, 3.63) is 48.5 Å². The van der Waals surface area contributed by atoms with Gasteiger partial charge in [-0.1, -0.05) is 6.07 Å². The van der Waals surface area contributed by atoms with E-state index in [4.69, 9.17) is 4.74 Å². The maximum atomic E-state index is 12.1. The molecule has 0 bridgehead atoms. The molecule has 0 unspecified atom stereocenters. The Morgan fingerprint density at radius 2 is 1.78 bits per heavy atom. The topological polar surface area (TPSA) is 56.8 Å². The molecule has 1 aliphatic rings. The second kappa shape index (κ2) is 9.28. The van der Waals surface area contributed by atoms with Gasteiger partial charge in [0.2, 0.25) is 5.91 Å². The Hall–Kier alpha value is -2.73. The lowest BCUT2D eigenvalue weighted by Gasteiger charge is -2.34. The van der Waals surface area contributed by atoms with Gasteiger partial charge >= 0.3 is 0 Å². The van der Waals surface area contributed by atoms with E-state index in [-0.39, 0.29) is 5.91 Å². The first-order valence-corrected chi connectivity index (χ1v) is 9.35. The van der Waals surface area contributed by atoms with Gasteiger partial charge in [0.25, 0.3) is 0 Å². The molecule has 1 saturated heterocycles. The summed E-state index contributed by atoms with van der Waals surface area (Å²) in [6, 6.07) is 15.8. The number of anilines is 3. The quantitative estimate of drug-likeness (QED) is 0.787. The molecule has 0 aliphatic carbocycles. The molecular weight excluding hydrogens is 340 g/mol. The van der Waals surface area contributed by atoms with Gasteiger partial charge in [-0.15, -0.1) is 0 Å². The predicted molar refractivity (Wildman–Crippen MR) is 111 cm³/mol. The number of amides is 1. The molecule has 3 rings (SSSR count). The van der Waals surface area contributed by atoms with E-state index in [0.717, 1.165) is 43.3 Å². The molecule has 1 aliphatic heterocycles. The highest BCUT2D eigenvalue weighted by Crippen LogP contribution is 2.19. The molecule has 6 nitrogen and oxygen atoms in total. The first kappa shape index (κ1) is 19.0. The van der Waals surface area contributed by atoms with Crippen LogP contribution in [0.4, 0.5) is 17.1 Å². The third kappa shape index (κ3) is 5.62. The number of methoxy groups -OCH3 is 1. The number of piperazine rings is 1. The minimum absolute atomic E-state index is 0.0233. The van der Waals surface area contributed by atoms with E-state index in [0.29, 0.717) is 13.0 Å². The van der Waals surface area contributed by atoms with Crippen molar-refractivity contribution in [2.24, 2.45) is 0 Å². The second-order valence-corrected chi connectivity index (χ2v) is 6.79. The molecule has 0 atom stereocenters. The van der Waals surface area contributed by atoms with Crippen LogP contribution in [-0.4, -0.2) is 57.7 Å². The van der Waals surface area contributed by atoms with Gasteiger partial charge in [-0.05, 0) is 43.4 Å². The van der Waals surface area contributed by atoms with Gasteiger partial charge < -0.3 is 25.2 Å². The lowest BCUT2D eigenvalue weighted by Crippen LogP contribution is -2.44. The fourth-order valence-corrected chi connectivity index (χ4v) is 3.10. The standard InChI is InChI=1S/C21H28N4O2/c1-24-12-14-25(15-13-24)19-8-6-17(7-9-19)22-11-10-21(26)23-18-4-3-5-20(16-18)27-2/h3-9,16,22H,10-15H2,1-2H3,(H,23,26). The van der Waals surface area contributed by atoms with E-state index in [2.05, 4.69) is 51.7 Å². The summed E-state index contributed by atoms with van der Waals surface area (Å²) in [4.78, 5) is 16.8. The van der Waals surface area contributed by atoms with Crippen molar-refractivity contribution in [2.45, 2.75) is 6.42 Å². The van der Waals surface area contributed by atoms with Crippen LogP contribution in [0.3, 0.4) is 0 Å². The van der Waals surface area contributed by atoms with Gasteiger partial charge in [-0.3, -0.25) is 4.79 Å². The summed E-state index contributed by atoms with van der Waals surface area (Å²) in [5.74, 6) is 0.705. The second-order valence-electron chi connectivity index (χ2n) is 6.79. The van der Waals surface area contributed by atoms with Crippen molar-refractivity contribution in [3.63, 3.8) is 0 Å². The van der Waals surface area contributed by atoms with Crippen molar-refractivity contribution >= 4 is 23.0 Å². The maximum Gasteiger partial charge on any atom is 0.226 e. The zero-order valence-corrected chi connectivity index (χ0v) is 16.1. The number of carbonyl (C=O) groups is 1. The van der Waals surface area contributed by atoms with Crippen LogP contribution >= 0.6 is 0 Å². The fourth-order valence-electron chi connectivity index (χ4n) is 3.10. The first-order chi connectivity index (χ1) is 13.1. The largest absolute Gasteiger partial charge is 0.497 e.